The molecule has 1 atom stereocenters. The number of hydrogen-bond donors (Lipinski definition) is 0. The minimum absolute atomic E-state index is 0.147. The van der Waals surface area contributed by atoms with E-state index in [4.69, 9.17) is 0 Å². The molecule has 2 heterocycles. The van der Waals surface area contributed by atoms with Crippen LogP contribution < -0.4 is 0 Å². The summed E-state index contributed by atoms with van der Waals surface area (Å²) in [7, 11) is 1.65. The van der Waals surface area contributed by atoms with Gasteiger partial charge in [0.2, 0.25) is 5.12 Å². The van der Waals surface area contributed by atoms with Crippen molar-refractivity contribution < 1.29 is 14.0 Å². The molecule has 0 saturated carbocycles. The summed E-state index contributed by atoms with van der Waals surface area (Å²) in [6.45, 7) is 0.607. The summed E-state index contributed by atoms with van der Waals surface area (Å²) < 4.78 is 15.1. The van der Waals surface area contributed by atoms with Crippen LogP contribution in [-0.2, 0) is 11.3 Å². The normalized spacial score (nSPS) is 17.7. The average molecular weight is 354 g/mol. The van der Waals surface area contributed by atoms with E-state index in [9.17, 15) is 14.0 Å². The van der Waals surface area contributed by atoms with E-state index in [0.29, 0.717) is 6.54 Å². The average Bonchev–Trinajstić information content (AvgIpc) is 3.11. The first kappa shape index (κ1) is 15.9. The molecule has 0 N–H and O–H groups in total. The number of carbonyl (C=O) groups is 2. The fourth-order valence-electron chi connectivity index (χ4n) is 3.22. The van der Waals surface area contributed by atoms with E-state index in [1.54, 1.807) is 19.2 Å². The SMILES string of the molecule is CN1C(=O)SC(=O)C1c1cccc2c1ccn2Cc1ccc(F)cc1. The summed E-state index contributed by atoms with van der Waals surface area (Å²) in [4.78, 5) is 25.5. The van der Waals surface area contributed by atoms with Crippen molar-refractivity contribution in [3.8, 4) is 0 Å². The van der Waals surface area contributed by atoms with Gasteiger partial charge in [0.25, 0.3) is 5.24 Å². The van der Waals surface area contributed by atoms with E-state index >= 15 is 0 Å². The lowest BCUT2D eigenvalue weighted by molar-refractivity contribution is -0.113. The van der Waals surface area contributed by atoms with E-state index in [1.807, 2.05) is 30.5 Å². The van der Waals surface area contributed by atoms with Crippen LogP contribution in [0.2, 0.25) is 0 Å². The first-order valence-electron chi connectivity index (χ1n) is 7.85. The Bertz CT molecular complexity index is 981. The maximum Gasteiger partial charge on any atom is 0.289 e. The van der Waals surface area contributed by atoms with Crippen LogP contribution in [0, 0.1) is 5.82 Å². The Morgan fingerprint density at radius 2 is 1.84 bits per heavy atom. The quantitative estimate of drug-likeness (QED) is 0.708. The molecule has 1 saturated heterocycles. The van der Waals surface area contributed by atoms with Crippen LogP contribution >= 0.6 is 11.8 Å². The predicted octanol–water partition coefficient (Wildman–Crippen LogP) is 4.20. The fraction of sp³-hybridized carbons (Fsp3) is 0.158. The molecular weight excluding hydrogens is 339 g/mol. The van der Waals surface area contributed by atoms with E-state index in [-0.39, 0.29) is 16.2 Å². The molecule has 1 unspecified atom stereocenters. The number of benzene rings is 2. The van der Waals surface area contributed by atoms with Crippen LogP contribution in [0.25, 0.3) is 10.9 Å². The van der Waals surface area contributed by atoms with E-state index in [1.165, 1.54) is 17.0 Å². The molecule has 4 nitrogen and oxygen atoms in total. The molecule has 1 amide bonds. The molecule has 4 rings (SSSR count). The smallest absolute Gasteiger partial charge is 0.289 e. The third kappa shape index (κ3) is 2.72. The third-order valence-corrected chi connectivity index (χ3v) is 5.38. The summed E-state index contributed by atoms with van der Waals surface area (Å²) in [5.74, 6) is -0.256. The summed E-state index contributed by atoms with van der Waals surface area (Å²) in [5.41, 5.74) is 2.80. The number of fused-ring (bicyclic) bond motifs is 1. The predicted molar refractivity (Wildman–Crippen MR) is 95.9 cm³/mol. The van der Waals surface area contributed by atoms with Gasteiger partial charge in [-0.2, -0.15) is 0 Å². The second kappa shape index (κ2) is 6.04. The van der Waals surface area contributed by atoms with Gasteiger partial charge in [-0.3, -0.25) is 9.59 Å². The second-order valence-corrected chi connectivity index (χ2v) is 7.01. The van der Waals surface area contributed by atoms with Crippen molar-refractivity contribution in [2.45, 2.75) is 12.6 Å². The monoisotopic (exact) mass is 354 g/mol. The number of halogens is 1. The highest BCUT2D eigenvalue weighted by atomic mass is 32.2. The molecule has 3 aromatic rings. The van der Waals surface area contributed by atoms with E-state index in [0.717, 1.165) is 33.8 Å². The van der Waals surface area contributed by atoms with Crippen LogP contribution in [-0.4, -0.2) is 26.9 Å². The molecule has 1 aliphatic rings. The molecule has 1 aliphatic heterocycles. The van der Waals surface area contributed by atoms with Crippen LogP contribution in [0.1, 0.15) is 17.2 Å². The van der Waals surface area contributed by atoms with Crippen molar-refractivity contribution in [2.75, 3.05) is 7.05 Å². The maximum absolute atomic E-state index is 13.1. The summed E-state index contributed by atoms with van der Waals surface area (Å²) >= 11 is 0.757. The molecule has 126 valence electrons. The lowest BCUT2D eigenvalue weighted by Crippen LogP contribution is -2.23. The van der Waals surface area contributed by atoms with Crippen LogP contribution in [0.4, 0.5) is 9.18 Å². The van der Waals surface area contributed by atoms with Gasteiger partial charge in [-0.25, -0.2) is 4.39 Å². The third-order valence-electron chi connectivity index (χ3n) is 4.49. The van der Waals surface area contributed by atoms with E-state index in [2.05, 4.69) is 4.57 Å². The van der Waals surface area contributed by atoms with Gasteiger partial charge in [0.1, 0.15) is 11.9 Å². The minimum Gasteiger partial charge on any atom is -0.343 e. The topological polar surface area (TPSA) is 42.3 Å². The number of rotatable bonds is 3. The van der Waals surface area contributed by atoms with Gasteiger partial charge < -0.3 is 9.47 Å². The molecule has 25 heavy (non-hydrogen) atoms. The Balaban J connectivity index is 1.74. The number of aromatic nitrogens is 1. The lowest BCUT2D eigenvalue weighted by atomic mass is 10.0. The highest BCUT2D eigenvalue weighted by Crippen LogP contribution is 2.38. The second-order valence-electron chi connectivity index (χ2n) is 6.05. The first-order chi connectivity index (χ1) is 12.0. The highest BCUT2D eigenvalue weighted by molar-refractivity contribution is 8.26. The van der Waals surface area contributed by atoms with Crippen molar-refractivity contribution in [1.29, 1.82) is 0 Å². The molecular formula is C19H15FN2O2S. The van der Waals surface area contributed by atoms with Crippen LogP contribution in [0.5, 0.6) is 0 Å². The number of hydrogen-bond acceptors (Lipinski definition) is 3. The summed E-state index contributed by atoms with van der Waals surface area (Å²) in [6.07, 6.45) is 1.95. The zero-order valence-electron chi connectivity index (χ0n) is 13.5. The van der Waals surface area contributed by atoms with Crippen molar-refractivity contribution >= 4 is 33.0 Å². The molecule has 2 aromatic carbocycles. The van der Waals surface area contributed by atoms with E-state index < -0.39 is 6.04 Å². The first-order valence-corrected chi connectivity index (χ1v) is 8.67. The zero-order chi connectivity index (χ0) is 17.6. The van der Waals surface area contributed by atoms with Crippen molar-refractivity contribution in [3.05, 3.63) is 71.7 Å². The van der Waals surface area contributed by atoms with Crippen molar-refractivity contribution in [3.63, 3.8) is 0 Å². The number of nitrogens with zero attached hydrogens (tertiary/aromatic N) is 2. The van der Waals surface area contributed by atoms with Gasteiger partial charge in [0.15, 0.2) is 0 Å². The molecule has 1 aromatic heterocycles. The molecule has 0 bridgehead atoms. The summed E-state index contributed by atoms with van der Waals surface area (Å²) in [6, 6.07) is 13.6. The van der Waals surface area contributed by atoms with Crippen molar-refractivity contribution in [1.82, 2.24) is 9.47 Å². The Labute approximate surface area is 148 Å². The fourth-order valence-corrected chi connectivity index (χ4v) is 4.04. The Morgan fingerprint density at radius 3 is 2.52 bits per heavy atom. The zero-order valence-corrected chi connectivity index (χ0v) is 14.3. The summed E-state index contributed by atoms with van der Waals surface area (Å²) in [5, 5.41) is 0.578. The van der Waals surface area contributed by atoms with Gasteiger partial charge in [0, 0.05) is 42.5 Å². The largest absolute Gasteiger partial charge is 0.343 e. The minimum atomic E-state index is -0.553. The van der Waals surface area contributed by atoms with Gasteiger partial charge in [-0.05, 0) is 35.4 Å². The van der Waals surface area contributed by atoms with Crippen LogP contribution in [0.15, 0.2) is 54.7 Å². The van der Waals surface area contributed by atoms with Crippen molar-refractivity contribution in [2.24, 2.45) is 0 Å². The van der Waals surface area contributed by atoms with Gasteiger partial charge in [0.05, 0.1) is 0 Å². The number of likely N-dealkylation sites (N-methyl/N-ethyl adjacent to an activating group) is 1. The van der Waals surface area contributed by atoms with Gasteiger partial charge in [-0.15, -0.1) is 0 Å². The Morgan fingerprint density at radius 1 is 1.08 bits per heavy atom. The van der Waals surface area contributed by atoms with Crippen LogP contribution in [0.3, 0.4) is 0 Å². The molecule has 0 spiro atoms. The van der Waals surface area contributed by atoms with Gasteiger partial charge >= 0.3 is 0 Å². The Hall–Kier alpha value is -2.60. The Kier molecular flexibility index (Phi) is 3.84. The number of carbonyl (C=O) groups excluding carboxylic acids is 2. The molecule has 0 aliphatic carbocycles. The highest BCUT2D eigenvalue weighted by Gasteiger charge is 2.39. The molecule has 6 heteroatoms. The lowest BCUT2D eigenvalue weighted by Gasteiger charge is -2.18. The number of amides is 1. The number of thioether (sulfide) groups is 1. The van der Waals surface area contributed by atoms with Gasteiger partial charge in [-0.1, -0.05) is 24.3 Å². The molecule has 0 radical (unpaired) electrons. The maximum atomic E-state index is 13.1. The standard InChI is InChI=1S/C19H15FN2O2S/c1-21-17(18(23)25-19(21)24)15-3-2-4-16-14(15)9-10-22(16)11-12-5-7-13(20)8-6-12/h2-10,17H,11H2,1H3. The molecule has 1 fully saturated rings.